The Bertz CT molecular complexity index is 967. The van der Waals surface area contributed by atoms with E-state index in [-0.39, 0.29) is 18.6 Å². The SMILES string of the molecule is O=C(COC(=O)c1ccc2c(c1)CCC2)N[C@@H](c1ccccc1)c1cccs1. The highest BCUT2D eigenvalue weighted by Crippen LogP contribution is 2.26. The number of hydrogen-bond acceptors (Lipinski definition) is 4. The van der Waals surface area contributed by atoms with Crippen molar-refractivity contribution in [2.24, 2.45) is 0 Å². The molecule has 4 nitrogen and oxygen atoms in total. The monoisotopic (exact) mass is 391 g/mol. The summed E-state index contributed by atoms with van der Waals surface area (Å²) in [7, 11) is 0. The van der Waals surface area contributed by atoms with Gasteiger partial charge in [-0.25, -0.2) is 4.79 Å². The molecule has 1 N–H and O–H groups in total. The first-order valence-corrected chi connectivity index (χ1v) is 10.3. The quantitative estimate of drug-likeness (QED) is 0.638. The van der Waals surface area contributed by atoms with Crippen LogP contribution in [0.5, 0.6) is 0 Å². The second-order valence-corrected chi connectivity index (χ2v) is 7.82. The number of esters is 1. The maximum atomic E-state index is 12.5. The van der Waals surface area contributed by atoms with Gasteiger partial charge in [0.2, 0.25) is 0 Å². The van der Waals surface area contributed by atoms with Crippen molar-refractivity contribution in [3.63, 3.8) is 0 Å². The zero-order valence-electron chi connectivity index (χ0n) is 15.4. The van der Waals surface area contributed by atoms with Gasteiger partial charge in [0.05, 0.1) is 11.6 Å². The summed E-state index contributed by atoms with van der Waals surface area (Å²) >= 11 is 1.58. The van der Waals surface area contributed by atoms with Crippen molar-refractivity contribution >= 4 is 23.2 Å². The van der Waals surface area contributed by atoms with Gasteiger partial charge >= 0.3 is 5.97 Å². The summed E-state index contributed by atoms with van der Waals surface area (Å²) in [5, 5.41) is 4.96. The van der Waals surface area contributed by atoms with E-state index in [4.69, 9.17) is 4.74 Å². The van der Waals surface area contributed by atoms with Gasteiger partial charge in [-0.1, -0.05) is 42.5 Å². The van der Waals surface area contributed by atoms with E-state index in [9.17, 15) is 9.59 Å². The maximum absolute atomic E-state index is 12.5. The van der Waals surface area contributed by atoms with Gasteiger partial charge in [-0.2, -0.15) is 0 Å². The van der Waals surface area contributed by atoms with E-state index in [1.165, 1.54) is 11.1 Å². The molecule has 0 fully saturated rings. The van der Waals surface area contributed by atoms with Crippen LogP contribution in [0.15, 0.2) is 66.0 Å². The summed E-state index contributed by atoms with van der Waals surface area (Å²) in [6.07, 6.45) is 3.19. The zero-order chi connectivity index (χ0) is 19.3. The molecule has 1 aliphatic carbocycles. The van der Waals surface area contributed by atoms with Crippen molar-refractivity contribution in [3.8, 4) is 0 Å². The molecule has 0 saturated heterocycles. The lowest BCUT2D eigenvalue weighted by molar-refractivity contribution is -0.124. The smallest absolute Gasteiger partial charge is 0.338 e. The number of fused-ring (bicyclic) bond motifs is 1. The molecule has 0 bridgehead atoms. The number of benzene rings is 2. The molecular weight excluding hydrogens is 370 g/mol. The van der Waals surface area contributed by atoms with Crippen LogP contribution in [0.1, 0.15) is 44.4 Å². The lowest BCUT2D eigenvalue weighted by Crippen LogP contribution is -2.32. The first kappa shape index (κ1) is 18.4. The molecule has 0 saturated carbocycles. The topological polar surface area (TPSA) is 55.4 Å². The molecule has 1 aliphatic rings. The Balaban J connectivity index is 1.39. The molecule has 0 unspecified atom stereocenters. The predicted octanol–water partition coefficient (Wildman–Crippen LogP) is 4.30. The standard InChI is InChI=1S/C23H21NO3S/c25-21(15-27-23(26)19-12-11-16-8-4-9-18(16)14-19)24-22(20-10-5-13-28-20)17-6-2-1-3-7-17/h1-3,5-7,10-14,22H,4,8-9,15H2,(H,24,25)/t22-/m0/s1. The number of aryl methyl sites for hydroxylation is 2. The molecule has 5 heteroatoms. The first-order valence-electron chi connectivity index (χ1n) is 9.37. The first-order chi connectivity index (χ1) is 13.7. The lowest BCUT2D eigenvalue weighted by atomic mass is 10.1. The Morgan fingerprint density at radius 1 is 1.00 bits per heavy atom. The van der Waals surface area contributed by atoms with Crippen LogP contribution in [-0.2, 0) is 22.4 Å². The van der Waals surface area contributed by atoms with Gasteiger partial charge in [0.1, 0.15) is 0 Å². The number of hydrogen-bond donors (Lipinski definition) is 1. The summed E-state index contributed by atoms with van der Waals surface area (Å²) in [5.41, 5.74) is 4.01. The highest BCUT2D eigenvalue weighted by Gasteiger charge is 2.20. The Labute approximate surface area is 168 Å². The molecule has 0 radical (unpaired) electrons. The van der Waals surface area contributed by atoms with E-state index >= 15 is 0 Å². The van der Waals surface area contributed by atoms with Gasteiger partial charge in [-0.15, -0.1) is 11.3 Å². The number of rotatable bonds is 6. The summed E-state index contributed by atoms with van der Waals surface area (Å²) in [6, 6.07) is 19.1. The Morgan fingerprint density at radius 2 is 1.82 bits per heavy atom. The summed E-state index contributed by atoms with van der Waals surface area (Å²) in [6.45, 7) is -0.301. The summed E-state index contributed by atoms with van der Waals surface area (Å²) in [4.78, 5) is 25.8. The fraction of sp³-hybridized carbons (Fsp3) is 0.217. The van der Waals surface area contributed by atoms with Gasteiger partial charge in [0.15, 0.2) is 6.61 Å². The highest BCUT2D eigenvalue weighted by molar-refractivity contribution is 7.10. The van der Waals surface area contributed by atoms with Crippen LogP contribution >= 0.6 is 11.3 Å². The number of thiophene rings is 1. The van der Waals surface area contributed by atoms with Gasteiger partial charge in [0, 0.05) is 4.88 Å². The van der Waals surface area contributed by atoms with Crippen LogP contribution in [0.4, 0.5) is 0 Å². The van der Waals surface area contributed by atoms with Crippen LogP contribution in [0, 0.1) is 0 Å². The van der Waals surface area contributed by atoms with Crippen LogP contribution in [0.3, 0.4) is 0 Å². The molecule has 28 heavy (non-hydrogen) atoms. The van der Waals surface area contributed by atoms with Crippen molar-refractivity contribution < 1.29 is 14.3 Å². The molecule has 1 amide bonds. The van der Waals surface area contributed by atoms with Gasteiger partial charge in [0.25, 0.3) is 5.91 Å². The minimum Gasteiger partial charge on any atom is -0.452 e. The molecule has 1 aromatic heterocycles. The number of carbonyl (C=O) groups excluding carboxylic acids is 2. The number of ether oxygens (including phenoxy) is 1. The fourth-order valence-electron chi connectivity index (χ4n) is 3.54. The van der Waals surface area contributed by atoms with Crippen molar-refractivity contribution in [1.82, 2.24) is 5.32 Å². The third-order valence-electron chi connectivity index (χ3n) is 4.93. The van der Waals surface area contributed by atoms with E-state index in [0.717, 1.165) is 29.7 Å². The maximum Gasteiger partial charge on any atom is 0.338 e. The van der Waals surface area contributed by atoms with E-state index in [0.29, 0.717) is 5.56 Å². The summed E-state index contributed by atoms with van der Waals surface area (Å²) < 4.78 is 5.26. The van der Waals surface area contributed by atoms with Crippen LogP contribution in [0.2, 0.25) is 0 Å². The van der Waals surface area contributed by atoms with Gasteiger partial charge < -0.3 is 10.1 Å². The normalized spacial score (nSPS) is 13.6. The second-order valence-electron chi connectivity index (χ2n) is 6.84. The molecule has 0 spiro atoms. The molecule has 0 aliphatic heterocycles. The van der Waals surface area contributed by atoms with Crippen LogP contribution in [0.25, 0.3) is 0 Å². The van der Waals surface area contributed by atoms with E-state index in [1.807, 2.05) is 60.0 Å². The summed E-state index contributed by atoms with van der Waals surface area (Å²) in [5.74, 6) is -0.783. The van der Waals surface area contributed by atoms with E-state index in [2.05, 4.69) is 5.32 Å². The number of nitrogens with one attached hydrogen (secondary N) is 1. The highest BCUT2D eigenvalue weighted by atomic mass is 32.1. The minimum atomic E-state index is -0.461. The lowest BCUT2D eigenvalue weighted by Gasteiger charge is -2.18. The zero-order valence-corrected chi connectivity index (χ0v) is 16.2. The molecule has 142 valence electrons. The second kappa shape index (κ2) is 8.40. The van der Waals surface area contributed by atoms with E-state index < -0.39 is 5.97 Å². The van der Waals surface area contributed by atoms with Crippen LogP contribution in [-0.4, -0.2) is 18.5 Å². The molecular formula is C23H21NO3S. The third-order valence-corrected chi connectivity index (χ3v) is 5.87. The van der Waals surface area contributed by atoms with Crippen LogP contribution < -0.4 is 5.32 Å². The Morgan fingerprint density at radius 3 is 2.61 bits per heavy atom. The molecule has 1 atom stereocenters. The molecule has 4 rings (SSSR count). The van der Waals surface area contributed by atoms with Crippen molar-refractivity contribution in [2.75, 3.05) is 6.61 Å². The predicted molar refractivity (Wildman–Crippen MR) is 109 cm³/mol. The average molecular weight is 391 g/mol. The largest absolute Gasteiger partial charge is 0.452 e. The number of carbonyl (C=O) groups is 2. The van der Waals surface area contributed by atoms with Gasteiger partial charge in [-0.3, -0.25) is 4.79 Å². The van der Waals surface area contributed by atoms with Crippen molar-refractivity contribution in [3.05, 3.63) is 93.2 Å². The Hall–Kier alpha value is -2.92. The van der Waals surface area contributed by atoms with Gasteiger partial charge in [-0.05, 0) is 59.5 Å². The van der Waals surface area contributed by atoms with E-state index in [1.54, 1.807) is 17.4 Å². The molecule has 3 aromatic rings. The average Bonchev–Trinajstić information content (AvgIpc) is 3.42. The van der Waals surface area contributed by atoms with Crippen molar-refractivity contribution in [2.45, 2.75) is 25.3 Å². The minimum absolute atomic E-state index is 0.257. The van der Waals surface area contributed by atoms with Crippen molar-refractivity contribution in [1.29, 1.82) is 0 Å². The Kier molecular flexibility index (Phi) is 5.53. The fourth-order valence-corrected chi connectivity index (χ4v) is 4.34. The third kappa shape index (κ3) is 4.15. The number of amides is 1. The molecule has 1 heterocycles. The molecule has 2 aromatic carbocycles.